The van der Waals surface area contributed by atoms with Gasteiger partial charge in [0.2, 0.25) is 0 Å². The molecule has 0 aromatic rings. The zero-order valence-electron chi connectivity index (χ0n) is 16.7. The van der Waals surface area contributed by atoms with Gasteiger partial charge in [-0.3, -0.25) is 0 Å². The number of rotatable bonds is 18. The lowest BCUT2D eigenvalue weighted by Crippen LogP contribution is -2.05. The topological polar surface area (TPSA) is 52.6 Å². The largest absolute Gasteiger partial charge is 0.463 e. The second-order valence-electron chi connectivity index (χ2n) is 6.66. The first-order valence-electron chi connectivity index (χ1n) is 10.3. The number of carbonyl (C=O) groups excluding carboxylic acids is 2. The Labute approximate surface area is 160 Å². The van der Waals surface area contributed by atoms with Crippen molar-refractivity contribution in [3.63, 3.8) is 0 Å². The Kier molecular flexibility index (Phi) is 18.5. The fourth-order valence-corrected chi connectivity index (χ4v) is 2.67. The third-order valence-electron chi connectivity index (χ3n) is 4.19. The van der Waals surface area contributed by atoms with E-state index in [1.54, 1.807) is 0 Å². The number of hydrogen-bond donors (Lipinski definition) is 0. The van der Waals surface area contributed by atoms with Gasteiger partial charge in [0.05, 0.1) is 6.61 Å². The smallest absolute Gasteiger partial charge is 0.331 e. The molecular weight excluding hydrogens is 328 g/mol. The molecule has 4 nitrogen and oxygen atoms in total. The molecule has 0 atom stereocenters. The van der Waals surface area contributed by atoms with E-state index in [1.165, 1.54) is 76.7 Å². The summed E-state index contributed by atoms with van der Waals surface area (Å²) in [5.41, 5.74) is 0. The summed E-state index contributed by atoms with van der Waals surface area (Å²) in [4.78, 5) is 22.5. The minimum absolute atomic E-state index is 0.136. The van der Waals surface area contributed by atoms with E-state index < -0.39 is 11.9 Å². The van der Waals surface area contributed by atoms with E-state index in [1.807, 2.05) is 0 Å². The summed E-state index contributed by atoms with van der Waals surface area (Å²) < 4.78 is 9.76. The van der Waals surface area contributed by atoms with Crippen LogP contribution in [0.5, 0.6) is 0 Å². The molecular formula is C22H38O4. The van der Waals surface area contributed by atoms with Crippen molar-refractivity contribution < 1.29 is 19.1 Å². The van der Waals surface area contributed by atoms with E-state index in [0.29, 0.717) is 6.61 Å². The Morgan fingerprint density at radius 3 is 1.58 bits per heavy atom. The highest BCUT2D eigenvalue weighted by molar-refractivity contribution is 5.91. The van der Waals surface area contributed by atoms with Gasteiger partial charge in [-0.1, -0.05) is 96.6 Å². The number of ether oxygens (including phenoxy) is 2. The van der Waals surface area contributed by atoms with Crippen molar-refractivity contribution in [2.24, 2.45) is 0 Å². The molecule has 0 radical (unpaired) electrons. The molecule has 0 heterocycles. The maximum Gasteiger partial charge on any atom is 0.331 e. The number of hydrogen-bond acceptors (Lipinski definition) is 4. The Bertz CT molecular complexity index is 388. The molecule has 0 aromatic heterocycles. The summed E-state index contributed by atoms with van der Waals surface area (Å²) in [6.45, 7) is 6.23. The normalized spacial score (nSPS) is 10.8. The minimum Gasteiger partial charge on any atom is -0.463 e. The van der Waals surface area contributed by atoms with Gasteiger partial charge in [0.25, 0.3) is 0 Å². The highest BCUT2D eigenvalue weighted by Crippen LogP contribution is 2.12. The van der Waals surface area contributed by atoms with Crippen LogP contribution in [0.3, 0.4) is 0 Å². The van der Waals surface area contributed by atoms with Gasteiger partial charge in [-0.25, -0.2) is 9.59 Å². The summed E-state index contributed by atoms with van der Waals surface area (Å²) in [7, 11) is 0. The van der Waals surface area contributed by atoms with Crippen molar-refractivity contribution >= 4 is 11.9 Å². The molecule has 0 aliphatic carbocycles. The summed E-state index contributed by atoms with van der Waals surface area (Å²) in [5.74, 6) is -1.07. The monoisotopic (exact) mass is 366 g/mol. The van der Waals surface area contributed by atoms with Crippen LogP contribution in [0.25, 0.3) is 0 Å². The lowest BCUT2D eigenvalue weighted by atomic mass is 10.0. The van der Waals surface area contributed by atoms with Gasteiger partial charge in [-0.15, -0.1) is 0 Å². The van der Waals surface area contributed by atoms with Gasteiger partial charge >= 0.3 is 11.9 Å². The summed E-state index contributed by atoms with van der Waals surface area (Å²) >= 11 is 0. The Hall–Kier alpha value is -1.58. The van der Waals surface area contributed by atoms with E-state index in [9.17, 15) is 9.59 Å². The van der Waals surface area contributed by atoms with Gasteiger partial charge < -0.3 is 9.47 Å². The Morgan fingerprint density at radius 1 is 0.692 bits per heavy atom. The quantitative estimate of drug-likeness (QED) is 0.131. The predicted molar refractivity (Wildman–Crippen MR) is 107 cm³/mol. The van der Waals surface area contributed by atoms with Crippen LogP contribution in [0.1, 0.15) is 90.4 Å². The molecule has 0 saturated carbocycles. The summed E-state index contributed by atoms with van der Waals surface area (Å²) in [6.07, 6.45) is 20.4. The van der Waals surface area contributed by atoms with Crippen LogP contribution >= 0.6 is 0 Å². The van der Waals surface area contributed by atoms with Gasteiger partial charge in [0.1, 0.15) is 6.61 Å². The number of carbonyl (C=O) groups is 2. The molecule has 150 valence electrons. The fourth-order valence-electron chi connectivity index (χ4n) is 2.67. The van der Waals surface area contributed by atoms with Crippen LogP contribution in [-0.2, 0) is 19.1 Å². The van der Waals surface area contributed by atoms with Gasteiger partial charge in [-0.05, 0) is 6.42 Å². The van der Waals surface area contributed by atoms with E-state index in [0.717, 1.165) is 25.0 Å². The van der Waals surface area contributed by atoms with Gasteiger partial charge in [0.15, 0.2) is 0 Å². The third kappa shape index (κ3) is 18.8. The summed E-state index contributed by atoms with van der Waals surface area (Å²) in [5, 5.41) is 0. The first kappa shape index (κ1) is 24.4. The van der Waals surface area contributed by atoms with Crippen LogP contribution in [-0.4, -0.2) is 25.2 Å². The maximum absolute atomic E-state index is 11.4. The standard InChI is InChI=1S/C22H38O4/c1-3-5-6-7-8-9-10-11-12-13-14-15-16-20-26-22(24)18-17-21(23)25-19-4-2/h4,17-18H,2-3,5-16,19-20H2,1H3/b18-17+. The van der Waals surface area contributed by atoms with E-state index in [2.05, 4.69) is 13.5 Å². The van der Waals surface area contributed by atoms with Crippen molar-refractivity contribution in [1.29, 1.82) is 0 Å². The number of unbranched alkanes of at least 4 members (excludes halogenated alkanes) is 12. The molecule has 0 unspecified atom stereocenters. The fraction of sp³-hybridized carbons (Fsp3) is 0.727. The van der Waals surface area contributed by atoms with Crippen LogP contribution in [0.15, 0.2) is 24.8 Å². The van der Waals surface area contributed by atoms with Crippen LogP contribution in [0.4, 0.5) is 0 Å². The molecule has 0 aliphatic rings. The van der Waals surface area contributed by atoms with E-state index in [4.69, 9.17) is 9.47 Å². The molecule has 0 N–H and O–H groups in total. The molecule has 0 spiro atoms. The molecule has 0 rings (SSSR count). The Balaban J connectivity index is 3.30. The SMILES string of the molecule is C=CCOC(=O)/C=C/C(=O)OCCCCCCCCCCCCCCC. The molecule has 0 aromatic carbocycles. The minimum atomic E-state index is -0.567. The first-order valence-corrected chi connectivity index (χ1v) is 10.3. The number of esters is 2. The zero-order valence-corrected chi connectivity index (χ0v) is 16.7. The van der Waals surface area contributed by atoms with Crippen LogP contribution in [0.2, 0.25) is 0 Å². The second-order valence-corrected chi connectivity index (χ2v) is 6.66. The second kappa shape index (κ2) is 19.7. The molecule has 0 fully saturated rings. The van der Waals surface area contributed by atoms with Gasteiger partial charge in [0, 0.05) is 12.2 Å². The molecule has 4 heteroatoms. The van der Waals surface area contributed by atoms with Crippen LogP contribution < -0.4 is 0 Å². The molecule has 0 aliphatic heterocycles. The third-order valence-corrected chi connectivity index (χ3v) is 4.19. The lowest BCUT2D eigenvalue weighted by molar-refractivity contribution is -0.140. The average Bonchev–Trinajstić information content (AvgIpc) is 2.64. The molecule has 0 bridgehead atoms. The van der Waals surface area contributed by atoms with E-state index >= 15 is 0 Å². The highest BCUT2D eigenvalue weighted by atomic mass is 16.5. The zero-order chi connectivity index (χ0) is 19.3. The first-order chi connectivity index (χ1) is 12.7. The molecule has 26 heavy (non-hydrogen) atoms. The van der Waals surface area contributed by atoms with Crippen molar-refractivity contribution in [3.8, 4) is 0 Å². The van der Waals surface area contributed by atoms with E-state index in [-0.39, 0.29) is 6.61 Å². The highest BCUT2D eigenvalue weighted by Gasteiger charge is 2.00. The van der Waals surface area contributed by atoms with Crippen molar-refractivity contribution in [3.05, 3.63) is 24.8 Å². The average molecular weight is 367 g/mol. The molecule has 0 amide bonds. The molecule has 0 saturated heterocycles. The lowest BCUT2D eigenvalue weighted by Gasteiger charge is -2.04. The van der Waals surface area contributed by atoms with Crippen molar-refractivity contribution in [2.45, 2.75) is 90.4 Å². The van der Waals surface area contributed by atoms with Gasteiger partial charge in [-0.2, -0.15) is 0 Å². The van der Waals surface area contributed by atoms with Crippen LogP contribution in [0, 0.1) is 0 Å². The Morgan fingerprint density at radius 2 is 1.12 bits per heavy atom. The predicted octanol–water partition coefficient (Wildman–Crippen LogP) is 5.91. The van der Waals surface area contributed by atoms with Crippen molar-refractivity contribution in [1.82, 2.24) is 0 Å². The maximum atomic E-state index is 11.4. The summed E-state index contributed by atoms with van der Waals surface area (Å²) in [6, 6.07) is 0. The van der Waals surface area contributed by atoms with Crippen molar-refractivity contribution in [2.75, 3.05) is 13.2 Å².